The first-order valence-corrected chi connectivity index (χ1v) is 9.49. The van der Waals surface area contributed by atoms with Crippen LogP contribution in [0.4, 0.5) is 11.5 Å². The van der Waals surface area contributed by atoms with E-state index >= 15 is 0 Å². The Kier molecular flexibility index (Phi) is 4.51. The molecule has 0 bridgehead atoms. The van der Waals surface area contributed by atoms with Crippen LogP contribution in [-0.2, 0) is 0 Å². The fourth-order valence-electron chi connectivity index (χ4n) is 3.38. The number of ether oxygens (including phenoxy) is 4. The van der Waals surface area contributed by atoms with Gasteiger partial charge in [0.2, 0.25) is 0 Å². The normalized spacial score (nSPS) is 12.6. The summed E-state index contributed by atoms with van der Waals surface area (Å²) in [6.45, 7) is 1.11. The Morgan fingerprint density at radius 3 is 2.57 bits per heavy atom. The molecule has 0 spiro atoms. The zero-order valence-corrected chi connectivity index (χ0v) is 16.6. The number of anilines is 2. The van der Waals surface area contributed by atoms with Crippen LogP contribution in [0.1, 0.15) is 0 Å². The number of hydrogen-bond acceptors (Lipinski definition) is 7. The predicted octanol–water partition coefficient (Wildman–Crippen LogP) is 3.93. The molecule has 0 fully saturated rings. The SMILES string of the molecule is COc1ccc(-c2ccc3ncc(Nc4ccc5c(c4)OCCO5)n3n2)cc1OC. The third kappa shape index (κ3) is 3.22. The Hall–Kier alpha value is -3.94. The van der Waals surface area contributed by atoms with E-state index in [-0.39, 0.29) is 0 Å². The van der Waals surface area contributed by atoms with Gasteiger partial charge in [-0.2, -0.15) is 9.61 Å². The van der Waals surface area contributed by atoms with Crippen molar-refractivity contribution in [2.24, 2.45) is 0 Å². The molecule has 0 radical (unpaired) electrons. The average Bonchev–Trinajstić information content (AvgIpc) is 3.20. The second-order valence-corrected chi connectivity index (χ2v) is 6.69. The molecule has 5 rings (SSSR count). The molecular weight excluding hydrogens is 384 g/mol. The number of nitrogens with one attached hydrogen (secondary N) is 1. The number of methoxy groups -OCH3 is 2. The topological polar surface area (TPSA) is 79.1 Å². The lowest BCUT2D eigenvalue weighted by atomic mass is 10.1. The minimum atomic E-state index is 0.544. The van der Waals surface area contributed by atoms with Crippen molar-refractivity contribution in [3.05, 3.63) is 54.7 Å². The van der Waals surface area contributed by atoms with E-state index in [2.05, 4.69) is 10.3 Å². The van der Waals surface area contributed by atoms with Crippen LogP contribution in [0.15, 0.2) is 54.7 Å². The molecule has 3 heterocycles. The molecule has 1 aliphatic rings. The number of fused-ring (bicyclic) bond motifs is 2. The van der Waals surface area contributed by atoms with Gasteiger partial charge in [0.15, 0.2) is 34.5 Å². The van der Waals surface area contributed by atoms with Gasteiger partial charge in [-0.1, -0.05) is 0 Å². The molecule has 0 amide bonds. The maximum Gasteiger partial charge on any atom is 0.163 e. The molecular formula is C22H20N4O4. The number of rotatable bonds is 5. The minimum Gasteiger partial charge on any atom is -0.493 e. The molecule has 152 valence electrons. The van der Waals surface area contributed by atoms with Crippen LogP contribution in [0, 0.1) is 0 Å². The van der Waals surface area contributed by atoms with E-state index in [1.165, 1.54) is 0 Å². The standard InChI is InChI=1S/C22H20N4O4/c1-27-17-6-3-14(11-19(17)28-2)16-5-8-21-23-13-22(26(21)25-16)24-15-4-7-18-20(12-15)30-10-9-29-18/h3-8,11-13,24H,9-10H2,1-2H3. The molecule has 8 heteroatoms. The van der Waals surface area contributed by atoms with Crippen molar-refractivity contribution in [2.45, 2.75) is 0 Å². The fraction of sp³-hybridized carbons (Fsp3) is 0.182. The summed E-state index contributed by atoms with van der Waals surface area (Å²) in [6, 6.07) is 15.3. The highest BCUT2D eigenvalue weighted by Gasteiger charge is 2.14. The Morgan fingerprint density at radius 1 is 0.900 bits per heavy atom. The first-order valence-electron chi connectivity index (χ1n) is 9.49. The highest BCUT2D eigenvalue weighted by Crippen LogP contribution is 2.34. The lowest BCUT2D eigenvalue weighted by Gasteiger charge is -2.19. The van der Waals surface area contributed by atoms with Gasteiger partial charge < -0.3 is 24.3 Å². The van der Waals surface area contributed by atoms with Gasteiger partial charge in [0.25, 0.3) is 0 Å². The van der Waals surface area contributed by atoms with E-state index < -0.39 is 0 Å². The van der Waals surface area contributed by atoms with E-state index in [0.717, 1.165) is 39.9 Å². The van der Waals surface area contributed by atoms with Crippen LogP contribution in [0.2, 0.25) is 0 Å². The monoisotopic (exact) mass is 404 g/mol. The molecule has 30 heavy (non-hydrogen) atoms. The van der Waals surface area contributed by atoms with E-state index in [1.807, 2.05) is 48.5 Å². The molecule has 0 unspecified atom stereocenters. The molecule has 4 aromatic rings. The third-order valence-corrected chi connectivity index (χ3v) is 4.86. The van der Waals surface area contributed by atoms with Gasteiger partial charge in [0.1, 0.15) is 13.2 Å². The van der Waals surface area contributed by atoms with Crippen molar-refractivity contribution in [1.29, 1.82) is 0 Å². The zero-order valence-electron chi connectivity index (χ0n) is 16.6. The van der Waals surface area contributed by atoms with Gasteiger partial charge >= 0.3 is 0 Å². The molecule has 1 aliphatic heterocycles. The largest absolute Gasteiger partial charge is 0.493 e. The third-order valence-electron chi connectivity index (χ3n) is 4.86. The highest BCUT2D eigenvalue weighted by atomic mass is 16.6. The molecule has 0 saturated heterocycles. The van der Waals surface area contributed by atoms with Crippen molar-refractivity contribution in [3.8, 4) is 34.3 Å². The maximum absolute atomic E-state index is 5.66. The fourth-order valence-corrected chi connectivity index (χ4v) is 3.38. The second kappa shape index (κ2) is 7.47. The summed E-state index contributed by atoms with van der Waals surface area (Å²) in [5, 5.41) is 8.11. The summed E-state index contributed by atoms with van der Waals surface area (Å²) >= 11 is 0. The summed E-state index contributed by atoms with van der Waals surface area (Å²) in [4.78, 5) is 4.44. The molecule has 2 aromatic heterocycles. The van der Waals surface area contributed by atoms with Crippen molar-refractivity contribution < 1.29 is 18.9 Å². The van der Waals surface area contributed by atoms with E-state index in [4.69, 9.17) is 24.0 Å². The van der Waals surface area contributed by atoms with Gasteiger partial charge in [-0.05, 0) is 42.5 Å². The number of imidazole rings is 1. The van der Waals surface area contributed by atoms with E-state index in [1.54, 1.807) is 24.9 Å². The van der Waals surface area contributed by atoms with Gasteiger partial charge in [-0.15, -0.1) is 0 Å². The Labute approximate surface area is 173 Å². The molecule has 1 N–H and O–H groups in total. The predicted molar refractivity (Wildman–Crippen MR) is 112 cm³/mol. The van der Waals surface area contributed by atoms with Crippen LogP contribution >= 0.6 is 0 Å². The lowest BCUT2D eigenvalue weighted by Crippen LogP contribution is -2.15. The van der Waals surface area contributed by atoms with Crippen molar-refractivity contribution in [2.75, 3.05) is 32.8 Å². The minimum absolute atomic E-state index is 0.544. The number of hydrogen-bond donors (Lipinski definition) is 1. The zero-order chi connectivity index (χ0) is 20.5. The van der Waals surface area contributed by atoms with E-state index in [0.29, 0.717) is 24.7 Å². The number of aromatic nitrogens is 3. The highest BCUT2D eigenvalue weighted by molar-refractivity contribution is 5.67. The van der Waals surface area contributed by atoms with Gasteiger partial charge in [0, 0.05) is 17.3 Å². The Balaban J connectivity index is 1.49. The van der Waals surface area contributed by atoms with Crippen LogP contribution < -0.4 is 24.3 Å². The van der Waals surface area contributed by atoms with Crippen molar-refractivity contribution in [1.82, 2.24) is 14.6 Å². The first kappa shape index (κ1) is 18.1. The molecule has 0 aliphatic carbocycles. The maximum atomic E-state index is 5.66. The summed E-state index contributed by atoms with van der Waals surface area (Å²) < 4.78 is 23.7. The average molecular weight is 404 g/mol. The van der Waals surface area contributed by atoms with Gasteiger partial charge in [-0.25, -0.2) is 4.98 Å². The molecule has 0 atom stereocenters. The molecule has 2 aromatic carbocycles. The first-order chi connectivity index (χ1) is 14.7. The summed E-state index contributed by atoms with van der Waals surface area (Å²) in [5.41, 5.74) is 3.29. The smallest absolute Gasteiger partial charge is 0.163 e. The summed E-state index contributed by atoms with van der Waals surface area (Å²) in [7, 11) is 3.23. The number of benzene rings is 2. The van der Waals surface area contributed by atoms with E-state index in [9.17, 15) is 0 Å². The number of nitrogens with zero attached hydrogens (tertiary/aromatic N) is 3. The van der Waals surface area contributed by atoms with Crippen LogP contribution in [-0.4, -0.2) is 42.0 Å². The Morgan fingerprint density at radius 2 is 1.73 bits per heavy atom. The van der Waals surface area contributed by atoms with Crippen LogP contribution in [0.3, 0.4) is 0 Å². The Bertz CT molecular complexity index is 1220. The van der Waals surface area contributed by atoms with Gasteiger partial charge in [0.05, 0.1) is 26.1 Å². The molecule has 0 saturated carbocycles. The quantitative estimate of drug-likeness (QED) is 0.540. The van der Waals surface area contributed by atoms with Crippen LogP contribution in [0.25, 0.3) is 16.9 Å². The van der Waals surface area contributed by atoms with Crippen LogP contribution in [0.5, 0.6) is 23.0 Å². The summed E-state index contributed by atoms with van der Waals surface area (Å²) in [5.74, 6) is 3.53. The lowest BCUT2D eigenvalue weighted by molar-refractivity contribution is 0.171. The second-order valence-electron chi connectivity index (χ2n) is 6.69. The van der Waals surface area contributed by atoms with Crippen molar-refractivity contribution >= 4 is 17.2 Å². The van der Waals surface area contributed by atoms with Gasteiger partial charge in [-0.3, -0.25) is 0 Å². The van der Waals surface area contributed by atoms with Crippen molar-refractivity contribution in [3.63, 3.8) is 0 Å². The summed E-state index contributed by atoms with van der Waals surface area (Å²) in [6.07, 6.45) is 1.75. The molecule has 8 nitrogen and oxygen atoms in total.